The lowest BCUT2D eigenvalue weighted by Gasteiger charge is -2.51. The second-order valence-electron chi connectivity index (χ2n) is 10.4. The Labute approximate surface area is 207 Å². The van der Waals surface area contributed by atoms with E-state index in [4.69, 9.17) is 4.74 Å². The van der Waals surface area contributed by atoms with Crippen molar-refractivity contribution in [1.29, 1.82) is 0 Å². The van der Waals surface area contributed by atoms with Crippen molar-refractivity contribution in [3.05, 3.63) is 70.8 Å². The van der Waals surface area contributed by atoms with Gasteiger partial charge in [0.15, 0.2) is 0 Å². The Balaban J connectivity index is 1.53. The van der Waals surface area contributed by atoms with Gasteiger partial charge in [-0.3, -0.25) is 4.79 Å². The SMILES string of the molecule is C[C@@H](OCC1(c2ccccc2)CC(C2CCCCC(=O)C2)C1)c1cc(C(F)(F)F)cc(C(F)(F)F)c1. The van der Waals surface area contributed by atoms with E-state index in [-0.39, 0.29) is 23.7 Å². The zero-order valence-electron chi connectivity index (χ0n) is 20.1. The first-order valence-electron chi connectivity index (χ1n) is 12.4. The van der Waals surface area contributed by atoms with Gasteiger partial charge in [0.2, 0.25) is 0 Å². The van der Waals surface area contributed by atoms with Crippen LogP contribution in [0, 0.1) is 11.8 Å². The smallest absolute Gasteiger partial charge is 0.373 e. The van der Waals surface area contributed by atoms with Crippen LogP contribution in [0.25, 0.3) is 0 Å². The molecule has 2 nitrogen and oxygen atoms in total. The van der Waals surface area contributed by atoms with Crippen LogP contribution in [0.4, 0.5) is 26.3 Å². The maximum absolute atomic E-state index is 13.3. The number of hydrogen-bond donors (Lipinski definition) is 0. The average Bonchev–Trinajstić information content (AvgIpc) is 3.01. The third-order valence-corrected chi connectivity index (χ3v) is 7.82. The molecule has 36 heavy (non-hydrogen) atoms. The fraction of sp³-hybridized carbons (Fsp3) is 0.536. The first-order valence-corrected chi connectivity index (χ1v) is 12.4. The fourth-order valence-corrected chi connectivity index (χ4v) is 5.73. The molecule has 2 aliphatic carbocycles. The molecule has 0 bridgehead atoms. The summed E-state index contributed by atoms with van der Waals surface area (Å²) in [5.41, 5.74) is -2.20. The number of carbonyl (C=O) groups excluding carboxylic acids is 1. The number of hydrogen-bond acceptors (Lipinski definition) is 2. The van der Waals surface area contributed by atoms with Crippen LogP contribution in [0.2, 0.25) is 0 Å². The minimum Gasteiger partial charge on any atom is -0.373 e. The van der Waals surface area contributed by atoms with E-state index in [0.29, 0.717) is 30.5 Å². The van der Waals surface area contributed by atoms with Crippen molar-refractivity contribution >= 4 is 5.78 Å². The Morgan fingerprint density at radius 1 is 0.917 bits per heavy atom. The van der Waals surface area contributed by atoms with Crippen LogP contribution in [0.5, 0.6) is 0 Å². The molecule has 2 aromatic rings. The molecule has 4 rings (SSSR count). The summed E-state index contributed by atoms with van der Waals surface area (Å²) in [6.45, 7) is 1.65. The summed E-state index contributed by atoms with van der Waals surface area (Å²) >= 11 is 0. The maximum atomic E-state index is 13.3. The highest BCUT2D eigenvalue weighted by atomic mass is 19.4. The van der Waals surface area contributed by atoms with Gasteiger partial charge < -0.3 is 4.74 Å². The van der Waals surface area contributed by atoms with Crippen LogP contribution in [0.1, 0.15) is 80.2 Å². The van der Waals surface area contributed by atoms with E-state index in [1.54, 1.807) is 0 Å². The zero-order chi connectivity index (χ0) is 26.1. The van der Waals surface area contributed by atoms with Crippen LogP contribution in [0.3, 0.4) is 0 Å². The van der Waals surface area contributed by atoms with Crippen molar-refractivity contribution in [2.45, 2.75) is 75.7 Å². The first kappa shape index (κ1) is 26.7. The third kappa shape index (κ3) is 5.96. The molecule has 8 heteroatoms. The summed E-state index contributed by atoms with van der Waals surface area (Å²) < 4.78 is 85.8. The number of ether oxygens (including phenoxy) is 1. The van der Waals surface area contributed by atoms with Crippen molar-refractivity contribution in [1.82, 2.24) is 0 Å². The lowest BCUT2D eigenvalue weighted by atomic mass is 9.55. The number of rotatable bonds is 6. The van der Waals surface area contributed by atoms with Crippen molar-refractivity contribution in [3.63, 3.8) is 0 Å². The zero-order valence-corrected chi connectivity index (χ0v) is 20.1. The summed E-state index contributed by atoms with van der Waals surface area (Å²) in [5.74, 6) is 0.952. The molecule has 0 spiro atoms. The Hall–Kier alpha value is -2.35. The molecule has 0 N–H and O–H groups in total. The number of halogens is 6. The van der Waals surface area contributed by atoms with E-state index in [1.165, 1.54) is 6.92 Å². The quantitative estimate of drug-likeness (QED) is 0.287. The van der Waals surface area contributed by atoms with E-state index in [9.17, 15) is 31.1 Å². The van der Waals surface area contributed by atoms with Crippen molar-refractivity contribution in [2.24, 2.45) is 11.8 Å². The van der Waals surface area contributed by atoms with Crippen molar-refractivity contribution in [3.8, 4) is 0 Å². The number of benzene rings is 2. The predicted octanol–water partition coefficient (Wildman–Crippen LogP) is 8.30. The Kier molecular flexibility index (Phi) is 7.56. The number of ketones is 1. The molecule has 196 valence electrons. The second kappa shape index (κ2) is 10.2. The van der Waals surface area contributed by atoms with Gasteiger partial charge in [-0.25, -0.2) is 0 Å². The van der Waals surface area contributed by atoms with Gasteiger partial charge in [0.05, 0.1) is 23.8 Å². The van der Waals surface area contributed by atoms with Crippen LogP contribution in [-0.2, 0) is 27.3 Å². The number of alkyl halides is 6. The molecular formula is C28H30F6O2. The minimum atomic E-state index is -4.90. The van der Waals surface area contributed by atoms with E-state index in [2.05, 4.69) is 0 Å². The maximum Gasteiger partial charge on any atom is 0.416 e. The lowest BCUT2D eigenvalue weighted by molar-refractivity contribution is -0.143. The topological polar surface area (TPSA) is 26.3 Å². The Morgan fingerprint density at radius 2 is 1.53 bits per heavy atom. The van der Waals surface area contributed by atoms with Crippen LogP contribution >= 0.6 is 0 Å². The highest BCUT2D eigenvalue weighted by molar-refractivity contribution is 5.78. The summed E-state index contributed by atoms with van der Waals surface area (Å²) in [6.07, 6.45) is -5.07. The van der Waals surface area contributed by atoms with Gasteiger partial charge in [-0.1, -0.05) is 36.8 Å². The molecule has 0 amide bonds. The molecule has 0 radical (unpaired) electrons. The van der Waals surface area contributed by atoms with Gasteiger partial charge in [0, 0.05) is 18.3 Å². The molecule has 2 atom stereocenters. The summed E-state index contributed by atoms with van der Waals surface area (Å²) in [6, 6.07) is 11.3. The second-order valence-corrected chi connectivity index (χ2v) is 10.4. The summed E-state index contributed by atoms with van der Waals surface area (Å²) in [7, 11) is 0. The van der Waals surface area contributed by atoms with Gasteiger partial charge in [-0.2, -0.15) is 26.3 Å². The predicted molar refractivity (Wildman–Crippen MR) is 123 cm³/mol. The van der Waals surface area contributed by atoms with Crippen LogP contribution < -0.4 is 0 Å². The monoisotopic (exact) mass is 512 g/mol. The van der Waals surface area contributed by atoms with Crippen LogP contribution in [0.15, 0.2) is 48.5 Å². The normalized spacial score (nSPS) is 26.2. The van der Waals surface area contributed by atoms with Crippen molar-refractivity contribution < 1.29 is 35.9 Å². The van der Waals surface area contributed by atoms with Crippen LogP contribution in [-0.4, -0.2) is 12.4 Å². The van der Waals surface area contributed by atoms with E-state index in [1.807, 2.05) is 30.3 Å². The molecule has 0 aliphatic heterocycles. The Morgan fingerprint density at radius 3 is 2.11 bits per heavy atom. The summed E-state index contributed by atoms with van der Waals surface area (Å²) in [5, 5.41) is 0. The standard InChI is InChI=1S/C28H30F6O2/c1-18(20-11-23(27(29,30)31)14-24(12-20)28(32,33)34)36-17-26(22-8-3-2-4-9-22)15-21(16-26)19-7-5-6-10-25(35)13-19/h2-4,8-9,11-12,14,18-19,21H,5-7,10,13,15-17H2,1H3/t18-,19?,21?,26?/m1/s1. The van der Waals surface area contributed by atoms with Crippen molar-refractivity contribution in [2.75, 3.05) is 6.61 Å². The fourth-order valence-electron chi connectivity index (χ4n) is 5.73. The Bertz CT molecular complexity index is 1020. The average molecular weight is 513 g/mol. The van der Waals surface area contributed by atoms with Gasteiger partial charge >= 0.3 is 12.4 Å². The highest BCUT2D eigenvalue weighted by Crippen LogP contribution is 2.53. The molecule has 2 fully saturated rings. The first-order chi connectivity index (χ1) is 16.9. The van der Waals surface area contributed by atoms with Gasteiger partial charge in [0.25, 0.3) is 0 Å². The number of Topliss-reactive ketones (excluding diaryl/α,β-unsaturated/α-hetero) is 1. The number of carbonyl (C=O) groups is 1. The molecule has 0 heterocycles. The minimum absolute atomic E-state index is 0.131. The lowest BCUT2D eigenvalue weighted by Crippen LogP contribution is -2.48. The van der Waals surface area contributed by atoms with Gasteiger partial charge in [-0.15, -0.1) is 0 Å². The van der Waals surface area contributed by atoms with Gasteiger partial charge in [0.1, 0.15) is 5.78 Å². The largest absolute Gasteiger partial charge is 0.416 e. The molecule has 2 aromatic carbocycles. The molecule has 0 saturated heterocycles. The van der Waals surface area contributed by atoms with E-state index < -0.39 is 29.6 Å². The molecule has 2 aliphatic rings. The van der Waals surface area contributed by atoms with E-state index >= 15 is 0 Å². The van der Waals surface area contributed by atoms with E-state index in [0.717, 1.165) is 49.8 Å². The molecule has 1 unspecified atom stereocenters. The molecule has 0 aromatic heterocycles. The molecular weight excluding hydrogens is 482 g/mol. The van der Waals surface area contributed by atoms with Gasteiger partial charge in [-0.05, 0) is 73.8 Å². The summed E-state index contributed by atoms with van der Waals surface area (Å²) in [4.78, 5) is 12.2. The third-order valence-electron chi connectivity index (χ3n) is 7.82. The highest BCUT2D eigenvalue weighted by Gasteiger charge is 2.49. The molecule has 2 saturated carbocycles.